The molecule has 0 atom stereocenters. The van der Waals surface area contributed by atoms with Crippen molar-refractivity contribution in [1.82, 2.24) is 0 Å². The van der Waals surface area contributed by atoms with E-state index in [9.17, 15) is 14.4 Å². The molecule has 2 aromatic rings. The van der Waals surface area contributed by atoms with Crippen LogP contribution >= 0.6 is 0 Å². The first-order valence-electron chi connectivity index (χ1n) is 12.0. The van der Waals surface area contributed by atoms with Crippen molar-refractivity contribution in [2.75, 3.05) is 13.2 Å². The lowest BCUT2D eigenvalue weighted by molar-refractivity contribution is -0.137. The number of unbranched alkanes of at least 4 members (excludes halogenated alkanes) is 8. The summed E-state index contributed by atoms with van der Waals surface area (Å²) in [6, 6.07) is 17.9. The van der Waals surface area contributed by atoms with E-state index in [0.717, 1.165) is 31.6 Å². The lowest BCUT2D eigenvalue weighted by atomic mass is 10.1. The average Bonchev–Trinajstić information content (AvgIpc) is 2.87. The number of carboxylic acid groups (broad SMARTS) is 1. The molecule has 0 radical (unpaired) electrons. The molecular formula is C28H36O7. The van der Waals surface area contributed by atoms with Crippen molar-refractivity contribution < 1.29 is 33.7 Å². The van der Waals surface area contributed by atoms with Gasteiger partial charge in [0.05, 0.1) is 18.8 Å². The molecular weight excluding hydrogens is 448 g/mol. The predicted molar refractivity (Wildman–Crippen MR) is 135 cm³/mol. The first-order valence-corrected chi connectivity index (χ1v) is 12.0. The second kappa shape index (κ2) is 19.8. The molecule has 0 aliphatic heterocycles. The number of esters is 2. The van der Waals surface area contributed by atoms with Gasteiger partial charge in [-0.25, -0.2) is 14.4 Å². The fourth-order valence-electron chi connectivity index (χ4n) is 3.09. The van der Waals surface area contributed by atoms with Crippen molar-refractivity contribution >= 4 is 18.1 Å². The normalized spacial score (nSPS) is 9.83. The summed E-state index contributed by atoms with van der Waals surface area (Å²) in [5.41, 5.74) is 0.222. The van der Waals surface area contributed by atoms with Crippen molar-refractivity contribution in [2.45, 2.75) is 57.8 Å². The Labute approximate surface area is 207 Å². The number of benzene rings is 2. The van der Waals surface area contributed by atoms with Crippen LogP contribution < -0.4 is 4.74 Å². The van der Waals surface area contributed by atoms with E-state index >= 15 is 0 Å². The average molecular weight is 485 g/mol. The smallest absolute Gasteiger partial charge is 0.494 e. The highest BCUT2D eigenvalue weighted by molar-refractivity contribution is 5.94. The van der Waals surface area contributed by atoms with Crippen LogP contribution in [0.3, 0.4) is 0 Å². The molecule has 7 heteroatoms. The quantitative estimate of drug-likeness (QED) is 0.128. The highest BCUT2D eigenvalue weighted by Gasteiger charge is 2.09. The van der Waals surface area contributed by atoms with E-state index < -0.39 is 12.1 Å². The van der Waals surface area contributed by atoms with Crippen molar-refractivity contribution in [3.05, 3.63) is 78.9 Å². The molecule has 0 saturated heterocycles. The van der Waals surface area contributed by atoms with E-state index in [1.165, 1.54) is 56.7 Å². The molecule has 0 aliphatic rings. The number of hydrogen-bond donors (Lipinski definition) is 1. The molecule has 1 N–H and O–H groups in total. The summed E-state index contributed by atoms with van der Waals surface area (Å²) in [5.74, 6) is -0.212. The molecule has 0 fully saturated rings. The van der Waals surface area contributed by atoms with E-state index in [1.807, 2.05) is 30.3 Å². The van der Waals surface area contributed by atoms with Crippen LogP contribution in [-0.4, -0.2) is 36.4 Å². The topological polar surface area (TPSA) is 99.1 Å². The Bertz CT molecular complexity index is 850. The van der Waals surface area contributed by atoms with Crippen LogP contribution in [0.4, 0.5) is 4.79 Å². The molecule has 0 spiro atoms. The van der Waals surface area contributed by atoms with E-state index in [-0.39, 0.29) is 11.5 Å². The summed E-state index contributed by atoms with van der Waals surface area (Å²) in [6.45, 7) is 4.70. The lowest BCUT2D eigenvalue weighted by Gasteiger charge is -2.06. The molecule has 0 heterocycles. The molecule has 190 valence electrons. The summed E-state index contributed by atoms with van der Waals surface area (Å²) in [5, 5.41) is 8.10. The Morgan fingerprint density at radius 3 is 1.71 bits per heavy atom. The van der Waals surface area contributed by atoms with Gasteiger partial charge in [-0.1, -0.05) is 87.9 Å². The zero-order chi connectivity index (χ0) is 25.6. The fourth-order valence-corrected chi connectivity index (χ4v) is 3.09. The number of rotatable bonds is 15. The third-order valence-corrected chi connectivity index (χ3v) is 4.90. The third-order valence-electron chi connectivity index (χ3n) is 4.90. The fraction of sp³-hybridized carbons (Fsp3) is 0.393. The van der Waals surface area contributed by atoms with Gasteiger partial charge in [-0.15, -0.1) is 0 Å². The minimum Gasteiger partial charge on any atom is -0.494 e. The van der Waals surface area contributed by atoms with Gasteiger partial charge in [0.25, 0.3) is 0 Å². The Hall–Kier alpha value is -3.61. The highest BCUT2D eigenvalue weighted by Crippen LogP contribution is 2.12. The summed E-state index contributed by atoms with van der Waals surface area (Å²) >= 11 is 0. The minimum atomic E-state index is -1.59. The summed E-state index contributed by atoms with van der Waals surface area (Å²) < 4.78 is 14.5. The molecule has 0 unspecified atom stereocenters. The number of hydrogen-bond acceptors (Lipinski definition) is 6. The van der Waals surface area contributed by atoms with Crippen LogP contribution in [0.5, 0.6) is 5.75 Å². The summed E-state index contributed by atoms with van der Waals surface area (Å²) in [6.07, 6.45) is 10.5. The van der Waals surface area contributed by atoms with E-state index in [4.69, 9.17) is 14.6 Å². The highest BCUT2D eigenvalue weighted by atomic mass is 16.7. The SMILES string of the molecule is C=CC(=O)OCCCCCCCCCCCOc1ccccc1.O=C(O)OC(=O)c1ccccc1. The molecule has 0 bridgehead atoms. The maximum Gasteiger partial charge on any atom is 0.513 e. The van der Waals surface area contributed by atoms with Crippen LogP contribution in [0, 0.1) is 0 Å². The van der Waals surface area contributed by atoms with Crippen molar-refractivity contribution in [2.24, 2.45) is 0 Å². The van der Waals surface area contributed by atoms with Crippen molar-refractivity contribution in [1.29, 1.82) is 0 Å². The third kappa shape index (κ3) is 16.6. The largest absolute Gasteiger partial charge is 0.513 e. The molecule has 35 heavy (non-hydrogen) atoms. The number of carbonyl (C=O) groups excluding carboxylic acids is 2. The standard InChI is InChI=1S/C20H30O3.C8H6O4/c1-2-20(21)23-18-14-9-7-5-3-4-6-8-13-17-22-19-15-11-10-12-16-19;9-7(12-8(10)11)6-4-2-1-3-5-6/h2,10-12,15-16H,1,3-9,13-14,17-18H2;1-5H,(H,10,11). The van der Waals surface area contributed by atoms with Crippen LogP contribution in [0.25, 0.3) is 0 Å². The van der Waals surface area contributed by atoms with Gasteiger partial charge in [0.2, 0.25) is 0 Å². The van der Waals surface area contributed by atoms with Gasteiger partial charge < -0.3 is 19.3 Å². The minimum absolute atomic E-state index is 0.222. The number of ether oxygens (including phenoxy) is 3. The molecule has 2 rings (SSSR count). The van der Waals surface area contributed by atoms with Gasteiger partial charge in [-0.2, -0.15) is 0 Å². The number of para-hydroxylation sites is 1. The van der Waals surface area contributed by atoms with Gasteiger partial charge in [0.15, 0.2) is 0 Å². The Balaban J connectivity index is 0.000000427. The van der Waals surface area contributed by atoms with Crippen LogP contribution in [0.15, 0.2) is 73.3 Å². The van der Waals surface area contributed by atoms with Gasteiger partial charge in [0, 0.05) is 6.08 Å². The molecule has 2 aromatic carbocycles. The van der Waals surface area contributed by atoms with Gasteiger partial charge in [-0.05, 0) is 37.1 Å². The van der Waals surface area contributed by atoms with E-state index in [2.05, 4.69) is 11.3 Å². The first-order chi connectivity index (χ1) is 17.0. The predicted octanol–water partition coefficient (Wildman–Crippen LogP) is 6.83. The zero-order valence-corrected chi connectivity index (χ0v) is 20.2. The summed E-state index contributed by atoms with van der Waals surface area (Å²) in [7, 11) is 0. The monoisotopic (exact) mass is 484 g/mol. The number of carbonyl (C=O) groups is 3. The summed E-state index contributed by atoms with van der Waals surface area (Å²) in [4.78, 5) is 31.6. The molecule has 7 nitrogen and oxygen atoms in total. The molecule has 0 aliphatic carbocycles. The lowest BCUT2D eigenvalue weighted by Crippen LogP contribution is -2.09. The molecule has 0 amide bonds. The zero-order valence-electron chi connectivity index (χ0n) is 20.2. The van der Waals surface area contributed by atoms with Gasteiger partial charge in [-0.3, -0.25) is 0 Å². The van der Waals surface area contributed by atoms with Crippen molar-refractivity contribution in [3.8, 4) is 5.75 Å². The van der Waals surface area contributed by atoms with Gasteiger partial charge >= 0.3 is 18.1 Å². The van der Waals surface area contributed by atoms with Crippen LogP contribution in [0.1, 0.15) is 68.1 Å². The Morgan fingerprint density at radius 1 is 0.714 bits per heavy atom. The van der Waals surface area contributed by atoms with E-state index in [0.29, 0.717) is 6.61 Å². The van der Waals surface area contributed by atoms with Gasteiger partial charge in [0.1, 0.15) is 5.75 Å². The molecule has 0 saturated carbocycles. The van der Waals surface area contributed by atoms with E-state index in [1.54, 1.807) is 18.2 Å². The maximum absolute atomic E-state index is 10.9. The first kappa shape index (κ1) is 29.4. The van der Waals surface area contributed by atoms with Crippen LogP contribution in [-0.2, 0) is 14.3 Å². The maximum atomic E-state index is 10.9. The van der Waals surface area contributed by atoms with Crippen molar-refractivity contribution in [3.63, 3.8) is 0 Å². The van der Waals surface area contributed by atoms with Crippen LogP contribution in [0.2, 0.25) is 0 Å². The second-order valence-electron chi connectivity index (χ2n) is 7.74. The second-order valence-corrected chi connectivity index (χ2v) is 7.74. The Kier molecular flexibility index (Phi) is 16.7. The molecule has 0 aromatic heterocycles. The Morgan fingerprint density at radius 2 is 1.20 bits per heavy atom.